The van der Waals surface area contributed by atoms with Crippen LogP contribution in [0.5, 0.6) is 0 Å². The molecule has 2 fully saturated rings. The summed E-state index contributed by atoms with van der Waals surface area (Å²) in [6, 6.07) is 1.62. The van der Waals surface area contributed by atoms with Gasteiger partial charge in [-0.05, 0) is 44.9 Å². The second-order valence-corrected chi connectivity index (χ2v) is 6.05. The topological polar surface area (TPSA) is 15.3 Å². The SMILES string of the molecule is CC1CCCN1CCNC1CCCSC1. The minimum atomic E-state index is 0.793. The molecule has 0 radical (unpaired) electrons. The number of thioether (sulfide) groups is 1. The van der Waals surface area contributed by atoms with Crippen molar-refractivity contribution in [2.24, 2.45) is 0 Å². The molecular formula is C12H24N2S. The van der Waals surface area contributed by atoms with Crippen molar-refractivity contribution in [2.45, 2.75) is 44.7 Å². The Morgan fingerprint density at radius 3 is 2.93 bits per heavy atom. The molecule has 15 heavy (non-hydrogen) atoms. The average molecular weight is 228 g/mol. The predicted molar refractivity (Wildman–Crippen MR) is 68.6 cm³/mol. The molecule has 2 heterocycles. The molecule has 0 aromatic carbocycles. The summed E-state index contributed by atoms with van der Waals surface area (Å²) in [7, 11) is 0. The lowest BCUT2D eigenvalue weighted by atomic mass is 10.2. The van der Waals surface area contributed by atoms with Crippen LogP contribution in [0, 0.1) is 0 Å². The summed E-state index contributed by atoms with van der Waals surface area (Å²) in [6.07, 6.45) is 5.60. The zero-order chi connectivity index (χ0) is 10.5. The van der Waals surface area contributed by atoms with E-state index in [1.54, 1.807) is 0 Å². The molecule has 0 bridgehead atoms. The van der Waals surface area contributed by atoms with Gasteiger partial charge < -0.3 is 5.32 Å². The minimum Gasteiger partial charge on any atom is -0.312 e. The second kappa shape index (κ2) is 6.12. The van der Waals surface area contributed by atoms with E-state index in [1.807, 2.05) is 0 Å². The number of nitrogens with zero attached hydrogens (tertiary/aromatic N) is 1. The van der Waals surface area contributed by atoms with E-state index in [0.29, 0.717) is 0 Å². The molecule has 0 spiro atoms. The van der Waals surface area contributed by atoms with Crippen molar-refractivity contribution in [3.05, 3.63) is 0 Å². The van der Waals surface area contributed by atoms with E-state index >= 15 is 0 Å². The lowest BCUT2D eigenvalue weighted by molar-refractivity contribution is 0.264. The maximum absolute atomic E-state index is 3.71. The summed E-state index contributed by atoms with van der Waals surface area (Å²) < 4.78 is 0. The summed E-state index contributed by atoms with van der Waals surface area (Å²) in [5.41, 5.74) is 0. The van der Waals surface area contributed by atoms with Crippen molar-refractivity contribution >= 4 is 11.8 Å². The molecule has 2 atom stereocenters. The van der Waals surface area contributed by atoms with Gasteiger partial charge in [-0.2, -0.15) is 11.8 Å². The van der Waals surface area contributed by atoms with E-state index in [9.17, 15) is 0 Å². The Labute approximate surface area is 98.2 Å². The average Bonchev–Trinajstić information content (AvgIpc) is 2.66. The maximum atomic E-state index is 3.71. The Kier molecular flexibility index (Phi) is 4.79. The predicted octanol–water partition coefficient (Wildman–Crippen LogP) is 1.96. The van der Waals surface area contributed by atoms with Gasteiger partial charge in [-0.1, -0.05) is 0 Å². The van der Waals surface area contributed by atoms with Crippen molar-refractivity contribution in [1.82, 2.24) is 10.2 Å². The molecule has 2 rings (SSSR count). The molecule has 2 nitrogen and oxygen atoms in total. The van der Waals surface area contributed by atoms with Crippen LogP contribution in [0.1, 0.15) is 32.6 Å². The summed E-state index contributed by atoms with van der Waals surface area (Å²) in [4.78, 5) is 2.63. The monoisotopic (exact) mass is 228 g/mol. The van der Waals surface area contributed by atoms with Crippen LogP contribution in [0.4, 0.5) is 0 Å². The van der Waals surface area contributed by atoms with E-state index in [2.05, 4.69) is 28.9 Å². The zero-order valence-corrected chi connectivity index (χ0v) is 10.7. The fourth-order valence-electron chi connectivity index (χ4n) is 2.64. The van der Waals surface area contributed by atoms with Crippen LogP contribution in [0.2, 0.25) is 0 Å². The smallest absolute Gasteiger partial charge is 0.0159 e. The molecule has 0 aliphatic carbocycles. The molecule has 0 saturated carbocycles. The van der Waals surface area contributed by atoms with E-state index < -0.39 is 0 Å². The first-order chi connectivity index (χ1) is 7.36. The highest BCUT2D eigenvalue weighted by Gasteiger charge is 2.20. The van der Waals surface area contributed by atoms with Gasteiger partial charge in [-0.15, -0.1) is 0 Å². The molecule has 2 aliphatic heterocycles. The number of hydrogen-bond donors (Lipinski definition) is 1. The van der Waals surface area contributed by atoms with Gasteiger partial charge in [-0.3, -0.25) is 4.90 Å². The van der Waals surface area contributed by atoms with Gasteiger partial charge in [0.05, 0.1) is 0 Å². The highest BCUT2D eigenvalue weighted by atomic mass is 32.2. The summed E-state index contributed by atoms with van der Waals surface area (Å²) in [5.74, 6) is 2.71. The lowest BCUT2D eigenvalue weighted by Gasteiger charge is -2.25. The van der Waals surface area contributed by atoms with Gasteiger partial charge in [0.25, 0.3) is 0 Å². The fourth-order valence-corrected chi connectivity index (χ4v) is 3.75. The van der Waals surface area contributed by atoms with Crippen LogP contribution in [0.25, 0.3) is 0 Å². The quantitative estimate of drug-likeness (QED) is 0.792. The number of hydrogen-bond acceptors (Lipinski definition) is 3. The van der Waals surface area contributed by atoms with Gasteiger partial charge >= 0.3 is 0 Å². The van der Waals surface area contributed by atoms with Crippen molar-refractivity contribution < 1.29 is 0 Å². The highest BCUT2D eigenvalue weighted by Crippen LogP contribution is 2.17. The van der Waals surface area contributed by atoms with Gasteiger partial charge in [0.15, 0.2) is 0 Å². The second-order valence-electron chi connectivity index (χ2n) is 4.90. The van der Waals surface area contributed by atoms with Crippen molar-refractivity contribution in [3.8, 4) is 0 Å². The Hall–Kier alpha value is 0.270. The summed E-state index contributed by atoms with van der Waals surface area (Å²) >= 11 is 2.11. The van der Waals surface area contributed by atoms with Gasteiger partial charge in [0.1, 0.15) is 0 Å². The number of likely N-dealkylation sites (tertiary alicyclic amines) is 1. The summed E-state index contributed by atoms with van der Waals surface area (Å²) in [5, 5.41) is 3.71. The van der Waals surface area contributed by atoms with Crippen molar-refractivity contribution in [1.29, 1.82) is 0 Å². The van der Waals surface area contributed by atoms with E-state index in [0.717, 1.165) is 12.1 Å². The van der Waals surface area contributed by atoms with Gasteiger partial charge in [0.2, 0.25) is 0 Å². The first-order valence-corrected chi connectivity index (χ1v) is 7.57. The maximum Gasteiger partial charge on any atom is 0.0159 e. The van der Waals surface area contributed by atoms with Crippen LogP contribution < -0.4 is 5.32 Å². The zero-order valence-electron chi connectivity index (χ0n) is 9.87. The Morgan fingerprint density at radius 2 is 2.27 bits per heavy atom. The minimum absolute atomic E-state index is 0.793. The third-order valence-electron chi connectivity index (χ3n) is 3.68. The molecule has 88 valence electrons. The molecule has 0 aromatic heterocycles. The molecule has 3 heteroatoms. The van der Waals surface area contributed by atoms with Crippen molar-refractivity contribution in [3.63, 3.8) is 0 Å². The molecule has 0 amide bonds. The normalized spacial score (nSPS) is 33.4. The first-order valence-electron chi connectivity index (χ1n) is 6.41. The van der Waals surface area contributed by atoms with Crippen LogP contribution in [0.3, 0.4) is 0 Å². The van der Waals surface area contributed by atoms with Crippen LogP contribution in [0.15, 0.2) is 0 Å². The van der Waals surface area contributed by atoms with Gasteiger partial charge in [-0.25, -0.2) is 0 Å². The third kappa shape index (κ3) is 3.65. The largest absolute Gasteiger partial charge is 0.312 e. The molecule has 1 N–H and O–H groups in total. The van der Waals surface area contributed by atoms with Crippen LogP contribution >= 0.6 is 11.8 Å². The van der Waals surface area contributed by atoms with Crippen molar-refractivity contribution in [2.75, 3.05) is 31.1 Å². The van der Waals surface area contributed by atoms with E-state index in [4.69, 9.17) is 0 Å². The molecular weight excluding hydrogens is 204 g/mol. The lowest BCUT2D eigenvalue weighted by Crippen LogP contribution is -2.40. The summed E-state index contributed by atoms with van der Waals surface area (Å²) in [6.45, 7) is 6.13. The first kappa shape index (κ1) is 11.7. The molecule has 2 unspecified atom stereocenters. The van der Waals surface area contributed by atoms with Gasteiger partial charge in [0, 0.05) is 30.9 Å². The van der Waals surface area contributed by atoms with Crippen LogP contribution in [-0.4, -0.2) is 48.1 Å². The highest BCUT2D eigenvalue weighted by molar-refractivity contribution is 7.99. The Morgan fingerprint density at radius 1 is 1.33 bits per heavy atom. The fraction of sp³-hybridized carbons (Fsp3) is 1.00. The number of nitrogens with one attached hydrogen (secondary N) is 1. The molecule has 2 aliphatic rings. The Bertz CT molecular complexity index is 180. The molecule has 0 aromatic rings. The molecule has 2 saturated heterocycles. The van der Waals surface area contributed by atoms with E-state index in [-0.39, 0.29) is 0 Å². The standard InChI is InChI=1S/C12H24N2S/c1-11-4-2-7-14(11)8-6-13-12-5-3-9-15-10-12/h11-13H,2-10H2,1H3. The number of rotatable bonds is 4. The van der Waals surface area contributed by atoms with Crippen LogP contribution in [-0.2, 0) is 0 Å². The van der Waals surface area contributed by atoms with E-state index in [1.165, 1.54) is 56.8 Å². The Balaban J connectivity index is 1.57. The third-order valence-corrected chi connectivity index (χ3v) is 4.90.